The highest BCUT2D eigenvalue weighted by molar-refractivity contribution is 5.34. The first kappa shape index (κ1) is 15.0. The number of imidazole rings is 1. The zero-order chi connectivity index (χ0) is 13.5. The lowest BCUT2D eigenvalue weighted by Crippen LogP contribution is -2.32. The van der Waals surface area contributed by atoms with E-state index in [-0.39, 0.29) is 6.04 Å². The summed E-state index contributed by atoms with van der Waals surface area (Å²) in [4.78, 5) is 6.91. The van der Waals surface area contributed by atoms with Gasteiger partial charge in [0.05, 0.1) is 18.3 Å². The number of rotatable bonds is 8. The summed E-state index contributed by atoms with van der Waals surface area (Å²) < 4.78 is 7.43. The normalized spacial score (nSPS) is 12.7. The Morgan fingerprint density at radius 2 is 2.22 bits per heavy atom. The van der Waals surface area contributed by atoms with Crippen LogP contribution < -0.4 is 10.6 Å². The Bertz CT molecular complexity index is 351. The van der Waals surface area contributed by atoms with Crippen molar-refractivity contribution in [2.24, 2.45) is 5.73 Å². The number of nitrogens with two attached hydrogens (primary N) is 1. The van der Waals surface area contributed by atoms with E-state index >= 15 is 0 Å². The van der Waals surface area contributed by atoms with Crippen molar-refractivity contribution < 1.29 is 4.74 Å². The van der Waals surface area contributed by atoms with Gasteiger partial charge in [0, 0.05) is 32.9 Å². The molecule has 1 aromatic heterocycles. The van der Waals surface area contributed by atoms with Crippen molar-refractivity contribution in [2.75, 3.05) is 38.3 Å². The lowest BCUT2D eigenvalue weighted by molar-refractivity contribution is 0.162. The molecule has 1 aromatic rings. The molecular formula is C13H26N4O. The maximum atomic E-state index is 5.66. The van der Waals surface area contributed by atoms with Gasteiger partial charge in [-0.2, -0.15) is 0 Å². The molecule has 1 heterocycles. The van der Waals surface area contributed by atoms with Crippen LogP contribution in [0.1, 0.15) is 32.5 Å². The van der Waals surface area contributed by atoms with Crippen molar-refractivity contribution in [1.29, 1.82) is 0 Å². The van der Waals surface area contributed by atoms with E-state index in [1.54, 1.807) is 7.11 Å². The summed E-state index contributed by atoms with van der Waals surface area (Å²) >= 11 is 0. The van der Waals surface area contributed by atoms with Gasteiger partial charge in [-0.15, -0.1) is 0 Å². The van der Waals surface area contributed by atoms with Crippen molar-refractivity contribution in [1.82, 2.24) is 9.55 Å². The highest BCUT2D eigenvalue weighted by Gasteiger charge is 2.16. The van der Waals surface area contributed by atoms with Crippen molar-refractivity contribution in [3.63, 3.8) is 0 Å². The van der Waals surface area contributed by atoms with Gasteiger partial charge in [0.25, 0.3) is 0 Å². The van der Waals surface area contributed by atoms with Crippen LogP contribution in [-0.2, 0) is 11.2 Å². The van der Waals surface area contributed by atoms with Gasteiger partial charge in [0.2, 0.25) is 5.95 Å². The molecule has 1 rings (SSSR count). The van der Waals surface area contributed by atoms with Crippen LogP contribution in [0, 0.1) is 0 Å². The first-order valence-corrected chi connectivity index (χ1v) is 6.69. The molecule has 5 nitrogen and oxygen atoms in total. The van der Waals surface area contributed by atoms with Crippen molar-refractivity contribution in [2.45, 2.75) is 33.2 Å². The van der Waals surface area contributed by atoms with E-state index < -0.39 is 0 Å². The lowest BCUT2D eigenvalue weighted by Gasteiger charge is -2.24. The third-order valence-corrected chi connectivity index (χ3v) is 3.07. The van der Waals surface area contributed by atoms with Crippen LogP contribution in [0.2, 0.25) is 0 Å². The van der Waals surface area contributed by atoms with Gasteiger partial charge < -0.3 is 19.9 Å². The molecule has 0 saturated heterocycles. The van der Waals surface area contributed by atoms with Crippen LogP contribution in [0.15, 0.2) is 6.20 Å². The minimum Gasteiger partial charge on any atom is -0.383 e. The average molecular weight is 254 g/mol. The predicted molar refractivity (Wildman–Crippen MR) is 75.1 cm³/mol. The summed E-state index contributed by atoms with van der Waals surface area (Å²) in [6.45, 7) is 9.46. The van der Waals surface area contributed by atoms with Crippen molar-refractivity contribution >= 4 is 5.95 Å². The van der Waals surface area contributed by atoms with Gasteiger partial charge in [0.15, 0.2) is 0 Å². The van der Waals surface area contributed by atoms with Gasteiger partial charge in [-0.3, -0.25) is 0 Å². The molecule has 5 heteroatoms. The van der Waals surface area contributed by atoms with E-state index in [9.17, 15) is 0 Å². The molecule has 0 aromatic carbocycles. The monoisotopic (exact) mass is 254 g/mol. The summed E-state index contributed by atoms with van der Waals surface area (Å²) in [5.74, 6) is 1.00. The number of nitrogens with zero attached hydrogens (tertiary/aromatic N) is 3. The largest absolute Gasteiger partial charge is 0.383 e. The standard InChI is InChI=1S/C13H26N4O/c1-5-12-9-17(11(3)10-18-4)13(15-12)16(6-2)8-7-14/h9,11H,5-8,10,14H2,1-4H3. The van der Waals surface area contributed by atoms with E-state index in [1.165, 1.54) is 0 Å². The van der Waals surface area contributed by atoms with Crippen LogP contribution in [0.5, 0.6) is 0 Å². The molecule has 0 aliphatic heterocycles. The van der Waals surface area contributed by atoms with Crippen LogP contribution >= 0.6 is 0 Å². The maximum Gasteiger partial charge on any atom is 0.206 e. The average Bonchev–Trinajstić information content (AvgIpc) is 2.80. The molecule has 0 amide bonds. The van der Waals surface area contributed by atoms with Crippen molar-refractivity contribution in [3.05, 3.63) is 11.9 Å². The zero-order valence-electron chi connectivity index (χ0n) is 12.0. The number of methoxy groups -OCH3 is 1. The number of aromatic nitrogens is 2. The van der Waals surface area contributed by atoms with E-state index in [0.29, 0.717) is 13.2 Å². The van der Waals surface area contributed by atoms with E-state index in [4.69, 9.17) is 15.5 Å². The number of aryl methyl sites for hydroxylation is 1. The quantitative estimate of drug-likeness (QED) is 0.762. The molecule has 0 radical (unpaired) electrons. The van der Waals surface area contributed by atoms with Crippen LogP contribution in [0.3, 0.4) is 0 Å². The summed E-state index contributed by atoms with van der Waals surface area (Å²) in [7, 11) is 1.73. The summed E-state index contributed by atoms with van der Waals surface area (Å²) in [5.41, 5.74) is 6.78. The van der Waals surface area contributed by atoms with Gasteiger partial charge in [-0.05, 0) is 20.3 Å². The van der Waals surface area contributed by atoms with Gasteiger partial charge >= 0.3 is 0 Å². The van der Waals surface area contributed by atoms with Crippen LogP contribution in [0.4, 0.5) is 5.95 Å². The van der Waals surface area contributed by atoms with Gasteiger partial charge in [0.1, 0.15) is 0 Å². The maximum absolute atomic E-state index is 5.66. The van der Waals surface area contributed by atoms with E-state index in [0.717, 1.165) is 31.2 Å². The topological polar surface area (TPSA) is 56.3 Å². The third kappa shape index (κ3) is 3.46. The van der Waals surface area contributed by atoms with Gasteiger partial charge in [-0.1, -0.05) is 6.92 Å². The molecular weight excluding hydrogens is 228 g/mol. The summed E-state index contributed by atoms with van der Waals surface area (Å²) in [6.07, 6.45) is 3.07. The number of hydrogen-bond acceptors (Lipinski definition) is 4. The van der Waals surface area contributed by atoms with Crippen LogP contribution in [-0.4, -0.2) is 42.9 Å². The van der Waals surface area contributed by atoms with Crippen LogP contribution in [0.25, 0.3) is 0 Å². The predicted octanol–water partition coefficient (Wildman–Crippen LogP) is 1.44. The Hall–Kier alpha value is -1.07. The molecule has 18 heavy (non-hydrogen) atoms. The minimum absolute atomic E-state index is 0.282. The Balaban J connectivity index is 3.02. The number of anilines is 1. The fraction of sp³-hybridized carbons (Fsp3) is 0.769. The molecule has 0 aliphatic rings. The molecule has 2 N–H and O–H groups in total. The Kier molecular flexibility index (Phi) is 6.15. The Labute approximate surface area is 110 Å². The van der Waals surface area contributed by atoms with Crippen molar-refractivity contribution in [3.8, 4) is 0 Å². The number of ether oxygens (including phenoxy) is 1. The number of likely N-dealkylation sites (N-methyl/N-ethyl adjacent to an activating group) is 1. The Morgan fingerprint density at radius 3 is 2.72 bits per heavy atom. The number of hydrogen-bond donors (Lipinski definition) is 1. The molecule has 104 valence electrons. The highest BCUT2D eigenvalue weighted by Crippen LogP contribution is 2.20. The summed E-state index contributed by atoms with van der Waals surface area (Å²) in [6, 6.07) is 0.282. The molecule has 1 unspecified atom stereocenters. The molecule has 0 bridgehead atoms. The molecule has 0 aliphatic carbocycles. The minimum atomic E-state index is 0.282. The highest BCUT2D eigenvalue weighted by atomic mass is 16.5. The van der Waals surface area contributed by atoms with E-state index in [2.05, 4.69) is 36.4 Å². The second-order valence-electron chi connectivity index (χ2n) is 4.47. The van der Waals surface area contributed by atoms with E-state index in [1.807, 2.05) is 0 Å². The second kappa shape index (κ2) is 7.38. The fourth-order valence-corrected chi connectivity index (χ4v) is 2.04. The first-order valence-electron chi connectivity index (χ1n) is 6.69. The second-order valence-corrected chi connectivity index (χ2v) is 4.47. The molecule has 0 fully saturated rings. The fourth-order valence-electron chi connectivity index (χ4n) is 2.04. The Morgan fingerprint density at radius 1 is 1.50 bits per heavy atom. The summed E-state index contributed by atoms with van der Waals surface area (Å²) in [5, 5.41) is 0. The first-order chi connectivity index (χ1) is 8.67. The van der Waals surface area contributed by atoms with Gasteiger partial charge in [-0.25, -0.2) is 4.98 Å². The molecule has 0 saturated carbocycles. The molecule has 1 atom stereocenters. The third-order valence-electron chi connectivity index (χ3n) is 3.07. The molecule has 0 spiro atoms. The SMILES string of the molecule is CCc1cn(C(C)COC)c(N(CC)CCN)n1. The smallest absolute Gasteiger partial charge is 0.206 e. The zero-order valence-corrected chi connectivity index (χ0v) is 12.0. The lowest BCUT2D eigenvalue weighted by atomic mass is 10.3.